The summed E-state index contributed by atoms with van der Waals surface area (Å²) in [7, 11) is 3.17. The lowest BCUT2D eigenvalue weighted by Gasteiger charge is -2.12. The van der Waals surface area contributed by atoms with Crippen LogP contribution in [-0.2, 0) is 5.75 Å². The Hall–Kier alpha value is -1.46. The average molecular weight is 365 g/mol. The normalized spacial score (nSPS) is 13.2. The third-order valence-electron chi connectivity index (χ3n) is 3.43. The van der Waals surface area contributed by atoms with Gasteiger partial charge in [0.15, 0.2) is 17.3 Å². The standard InChI is InChI=1S/C16H13BrO3S/c1-19-13-6-12-15(7-14(13)20-2)21-8-9-3-4-10(17)5-11(9)16(12)18/h3-7H,8H2,1-2H3. The van der Waals surface area contributed by atoms with Crippen LogP contribution in [0.4, 0.5) is 0 Å². The molecule has 0 aromatic heterocycles. The summed E-state index contributed by atoms with van der Waals surface area (Å²) >= 11 is 5.07. The van der Waals surface area contributed by atoms with E-state index in [9.17, 15) is 4.79 Å². The highest BCUT2D eigenvalue weighted by atomic mass is 79.9. The molecule has 0 aliphatic carbocycles. The number of thioether (sulfide) groups is 1. The van der Waals surface area contributed by atoms with E-state index in [1.54, 1.807) is 32.0 Å². The maximum Gasteiger partial charge on any atom is 0.194 e. The Morgan fingerprint density at radius 3 is 2.48 bits per heavy atom. The number of ketones is 1. The third-order valence-corrected chi connectivity index (χ3v) is 5.03. The van der Waals surface area contributed by atoms with Crippen LogP contribution in [0.3, 0.4) is 0 Å². The van der Waals surface area contributed by atoms with Crippen molar-refractivity contribution < 1.29 is 14.3 Å². The van der Waals surface area contributed by atoms with Gasteiger partial charge < -0.3 is 9.47 Å². The predicted molar refractivity (Wildman–Crippen MR) is 86.7 cm³/mol. The van der Waals surface area contributed by atoms with E-state index < -0.39 is 0 Å². The van der Waals surface area contributed by atoms with Crippen molar-refractivity contribution in [3.63, 3.8) is 0 Å². The van der Waals surface area contributed by atoms with Gasteiger partial charge in [0, 0.05) is 26.2 Å². The van der Waals surface area contributed by atoms with Crippen molar-refractivity contribution in [2.24, 2.45) is 0 Å². The molecular formula is C16H13BrO3S. The van der Waals surface area contributed by atoms with E-state index in [2.05, 4.69) is 15.9 Å². The van der Waals surface area contributed by atoms with E-state index in [1.807, 2.05) is 24.3 Å². The van der Waals surface area contributed by atoms with Gasteiger partial charge >= 0.3 is 0 Å². The second kappa shape index (κ2) is 5.73. The number of benzene rings is 2. The van der Waals surface area contributed by atoms with Crippen LogP contribution >= 0.6 is 27.7 Å². The van der Waals surface area contributed by atoms with Crippen LogP contribution in [0.25, 0.3) is 0 Å². The Bertz CT molecular complexity index is 728. The van der Waals surface area contributed by atoms with Crippen LogP contribution in [-0.4, -0.2) is 20.0 Å². The summed E-state index contributed by atoms with van der Waals surface area (Å²) in [6.07, 6.45) is 0. The van der Waals surface area contributed by atoms with Gasteiger partial charge in [0.25, 0.3) is 0 Å². The van der Waals surface area contributed by atoms with Crippen molar-refractivity contribution in [3.05, 3.63) is 51.5 Å². The summed E-state index contributed by atoms with van der Waals surface area (Å²) in [4.78, 5) is 13.7. The zero-order chi connectivity index (χ0) is 15.0. The van der Waals surface area contributed by atoms with Crippen LogP contribution < -0.4 is 9.47 Å². The molecule has 0 atom stereocenters. The van der Waals surface area contributed by atoms with Gasteiger partial charge in [-0.3, -0.25) is 4.79 Å². The minimum atomic E-state index is 0.0206. The smallest absolute Gasteiger partial charge is 0.194 e. The molecule has 0 fully saturated rings. The van der Waals surface area contributed by atoms with Crippen molar-refractivity contribution in [1.82, 2.24) is 0 Å². The van der Waals surface area contributed by atoms with Crippen molar-refractivity contribution in [3.8, 4) is 11.5 Å². The molecule has 0 saturated carbocycles. The first-order valence-electron chi connectivity index (χ1n) is 6.36. The summed E-state index contributed by atoms with van der Waals surface area (Å²) in [5.74, 6) is 2.00. The molecule has 2 aromatic carbocycles. The summed E-state index contributed by atoms with van der Waals surface area (Å²) in [6.45, 7) is 0. The number of hydrogen-bond donors (Lipinski definition) is 0. The number of ether oxygens (including phenoxy) is 2. The fourth-order valence-corrected chi connectivity index (χ4v) is 3.77. The molecule has 1 aliphatic heterocycles. The second-order valence-corrected chi connectivity index (χ2v) is 6.56. The molecule has 0 unspecified atom stereocenters. The summed E-state index contributed by atoms with van der Waals surface area (Å²) in [5.41, 5.74) is 2.44. The van der Waals surface area contributed by atoms with E-state index in [-0.39, 0.29) is 5.78 Å². The van der Waals surface area contributed by atoms with Crippen LogP contribution in [0.15, 0.2) is 39.7 Å². The number of halogens is 1. The maximum atomic E-state index is 12.8. The highest BCUT2D eigenvalue weighted by molar-refractivity contribution is 9.10. The molecule has 21 heavy (non-hydrogen) atoms. The van der Waals surface area contributed by atoms with Crippen LogP contribution in [0.1, 0.15) is 21.5 Å². The third kappa shape index (κ3) is 2.56. The van der Waals surface area contributed by atoms with E-state index in [0.717, 1.165) is 26.2 Å². The largest absolute Gasteiger partial charge is 0.493 e. The number of methoxy groups -OCH3 is 2. The highest BCUT2D eigenvalue weighted by Crippen LogP contribution is 2.40. The van der Waals surface area contributed by atoms with Gasteiger partial charge in [-0.05, 0) is 29.8 Å². The van der Waals surface area contributed by atoms with Gasteiger partial charge in [-0.25, -0.2) is 0 Å². The lowest BCUT2D eigenvalue weighted by Crippen LogP contribution is -2.05. The quantitative estimate of drug-likeness (QED) is 0.795. The molecule has 0 saturated heterocycles. The Balaban J connectivity index is 2.18. The molecule has 0 N–H and O–H groups in total. The molecule has 1 aliphatic rings. The first kappa shape index (κ1) is 14.5. The minimum absolute atomic E-state index is 0.0206. The molecule has 5 heteroatoms. The fraction of sp³-hybridized carbons (Fsp3) is 0.188. The molecule has 0 amide bonds. The van der Waals surface area contributed by atoms with E-state index in [4.69, 9.17) is 9.47 Å². The monoisotopic (exact) mass is 364 g/mol. The number of fused-ring (bicyclic) bond motifs is 2. The van der Waals surface area contributed by atoms with Gasteiger partial charge in [-0.2, -0.15) is 0 Å². The summed E-state index contributed by atoms with van der Waals surface area (Å²) < 4.78 is 11.5. The molecule has 2 aromatic rings. The van der Waals surface area contributed by atoms with Gasteiger partial charge in [-0.15, -0.1) is 11.8 Å². The Morgan fingerprint density at radius 2 is 1.76 bits per heavy atom. The molecule has 0 bridgehead atoms. The molecule has 0 spiro atoms. The van der Waals surface area contributed by atoms with Crippen molar-refractivity contribution in [2.45, 2.75) is 10.6 Å². The average Bonchev–Trinajstić information content (AvgIpc) is 2.63. The zero-order valence-electron chi connectivity index (χ0n) is 11.6. The molecule has 0 radical (unpaired) electrons. The number of carbonyl (C=O) groups excluding carboxylic acids is 1. The molecule has 1 heterocycles. The topological polar surface area (TPSA) is 35.5 Å². The van der Waals surface area contributed by atoms with Crippen LogP contribution in [0.5, 0.6) is 11.5 Å². The van der Waals surface area contributed by atoms with E-state index in [0.29, 0.717) is 17.1 Å². The maximum absolute atomic E-state index is 12.8. The second-order valence-electron chi connectivity index (χ2n) is 4.62. The lowest BCUT2D eigenvalue weighted by molar-refractivity contribution is 0.103. The Morgan fingerprint density at radius 1 is 1.05 bits per heavy atom. The first-order chi connectivity index (χ1) is 10.1. The molecular weight excluding hydrogens is 352 g/mol. The summed E-state index contributed by atoms with van der Waals surface area (Å²) in [5, 5.41) is 0. The molecule has 3 nitrogen and oxygen atoms in total. The first-order valence-corrected chi connectivity index (χ1v) is 8.14. The SMILES string of the molecule is COc1cc2c(cc1OC)C(=O)c1cc(Br)ccc1CS2. The highest BCUT2D eigenvalue weighted by Gasteiger charge is 2.24. The van der Waals surface area contributed by atoms with Crippen molar-refractivity contribution >= 4 is 33.5 Å². The van der Waals surface area contributed by atoms with Crippen molar-refractivity contribution in [1.29, 1.82) is 0 Å². The lowest BCUT2D eigenvalue weighted by atomic mass is 9.99. The van der Waals surface area contributed by atoms with Gasteiger partial charge in [0.1, 0.15) is 0 Å². The number of hydrogen-bond acceptors (Lipinski definition) is 4. The number of rotatable bonds is 2. The Labute approximate surface area is 135 Å². The fourth-order valence-electron chi connectivity index (χ4n) is 2.34. The van der Waals surface area contributed by atoms with Crippen LogP contribution in [0, 0.1) is 0 Å². The molecule has 3 rings (SSSR count). The predicted octanol–water partition coefficient (Wildman–Crippen LogP) is 4.30. The van der Waals surface area contributed by atoms with Crippen LogP contribution in [0.2, 0.25) is 0 Å². The van der Waals surface area contributed by atoms with E-state index >= 15 is 0 Å². The summed E-state index contributed by atoms with van der Waals surface area (Å²) in [6, 6.07) is 9.47. The Kier molecular flexibility index (Phi) is 3.95. The van der Waals surface area contributed by atoms with E-state index in [1.165, 1.54) is 0 Å². The minimum Gasteiger partial charge on any atom is -0.493 e. The van der Waals surface area contributed by atoms with Gasteiger partial charge in [-0.1, -0.05) is 22.0 Å². The van der Waals surface area contributed by atoms with Gasteiger partial charge in [0.05, 0.1) is 14.2 Å². The zero-order valence-corrected chi connectivity index (χ0v) is 14.0. The number of carbonyl (C=O) groups is 1. The van der Waals surface area contributed by atoms with Gasteiger partial charge in [0.2, 0.25) is 0 Å². The van der Waals surface area contributed by atoms with Crippen molar-refractivity contribution in [2.75, 3.05) is 14.2 Å². The molecule has 108 valence electrons.